The van der Waals surface area contributed by atoms with Gasteiger partial charge in [0.15, 0.2) is 0 Å². The third-order valence-corrected chi connectivity index (χ3v) is 6.54. The van der Waals surface area contributed by atoms with Crippen LogP contribution in [0.15, 0.2) is 42.5 Å². The van der Waals surface area contributed by atoms with E-state index in [9.17, 15) is 9.59 Å². The lowest BCUT2D eigenvalue weighted by atomic mass is 9.98. The van der Waals surface area contributed by atoms with E-state index >= 15 is 0 Å². The number of carbonyl (C=O) groups excluding carboxylic acids is 2. The summed E-state index contributed by atoms with van der Waals surface area (Å²) in [7, 11) is 0. The molecule has 2 aromatic rings. The van der Waals surface area contributed by atoms with Crippen molar-refractivity contribution in [1.82, 2.24) is 10.8 Å². The van der Waals surface area contributed by atoms with E-state index in [1.54, 1.807) is 16.7 Å². The highest BCUT2D eigenvalue weighted by molar-refractivity contribution is 6.06. The minimum Gasteiger partial charge on any atom is -0.368 e. The summed E-state index contributed by atoms with van der Waals surface area (Å²) in [5, 5.41) is 3.33. The molecule has 33 heavy (non-hydrogen) atoms. The maximum Gasteiger partial charge on any atom is 0.256 e. The summed E-state index contributed by atoms with van der Waals surface area (Å²) in [6.07, 6.45) is 1.05. The molecule has 8 nitrogen and oxygen atoms in total. The lowest BCUT2D eigenvalue weighted by Gasteiger charge is -2.41. The number of benzene rings is 2. The Balaban J connectivity index is 1.53. The summed E-state index contributed by atoms with van der Waals surface area (Å²) in [6, 6.07) is 14.1. The van der Waals surface area contributed by atoms with E-state index in [1.165, 1.54) is 0 Å². The zero-order valence-electron chi connectivity index (χ0n) is 19.2. The topological polar surface area (TPSA) is 83.1 Å². The Morgan fingerprint density at radius 2 is 1.88 bits per heavy atom. The predicted molar refractivity (Wildman–Crippen MR) is 125 cm³/mol. The minimum absolute atomic E-state index is 0.0276. The van der Waals surface area contributed by atoms with E-state index in [1.807, 2.05) is 50.2 Å². The molecule has 0 aromatic heterocycles. The van der Waals surface area contributed by atoms with Crippen molar-refractivity contribution >= 4 is 23.2 Å². The van der Waals surface area contributed by atoms with Gasteiger partial charge in [-0.2, -0.15) is 5.48 Å². The average Bonchev–Trinajstić information content (AvgIpc) is 3.50. The second-order valence-electron chi connectivity index (χ2n) is 9.00. The number of amides is 2. The van der Waals surface area contributed by atoms with Crippen LogP contribution in [-0.4, -0.2) is 43.3 Å². The summed E-state index contributed by atoms with van der Waals surface area (Å²) in [5.74, 6) is -0.0598. The van der Waals surface area contributed by atoms with Gasteiger partial charge in [0.05, 0.1) is 17.4 Å². The van der Waals surface area contributed by atoms with Crippen LogP contribution >= 0.6 is 0 Å². The van der Waals surface area contributed by atoms with Crippen LogP contribution in [0.5, 0.6) is 0 Å². The Morgan fingerprint density at radius 3 is 2.58 bits per heavy atom. The van der Waals surface area contributed by atoms with Gasteiger partial charge in [-0.15, -0.1) is 0 Å². The van der Waals surface area contributed by atoms with Gasteiger partial charge in [0.25, 0.3) is 5.91 Å². The third-order valence-electron chi connectivity index (χ3n) is 6.54. The maximum atomic E-state index is 13.4. The van der Waals surface area contributed by atoms with Gasteiger partial charge in [-0.1, -0.05) is 24.3 Å². The monoisotopic (exact) mass is 450 g/mol. The predicted octanol–water partition coefficient (Wildman–Crippen LogP) is 3.09. The van der Waals surface area contributed by atoms with Gasteiger partial charge in [-0.3, -0.25) is 19.7 Å². The molecule has 4 atom stereocenters. The smallest absolute Gasteiger partial charge is 0.256 e. The second kappa shape index (κ2) is 8.87. The molecule has 3 aliphatic rings. The van der Waals surface area contributed by atoms with Crippen LogP contribution in [0.2, 0.25) is 0 Å². The highest BCUT2D eigenvalue weighted by Crippen LogP contribution is 2.40. The van der Waals surface area contributed by atoms with Crippen molar-refractivity contribution in [2.75, 3.05) is 23.0 Å². The molecule has 3 aliphatic heterocycles. The number of fused-ring (bicyclic) bond motifs is 1. The highest BCUT2D eigenvalue weighted by Gasteiger charge is 2.37. The minimum atomic E-state index is -0.414. The number of ether oxygens (including phenoxy) is 1. The molecule has 5 rings (SSSR count). The van der Waals surface area contributed by atoms with E-state index in [2.05, 4.69) is 16.9 Å². The van der Waals surface area contributed by atoms with E-state index in [0.29, 0.717) is 13.2 Å². The van der Waals surface area contributed by atoms with Crippen molar-refractivity contribution in [2.24, 2.45) is 0 Å². The molecule has 0 saturated carbocycles. The lowest BCUT2D eigenvalue weighted by Crippen LogP contribution is -2.53. The van der Waals surface area contributed by atoms with Gasteiger partial charge in [0.1, 0.15) is 18.5 Å². The largest absolute Gasteiger partial charge is 0.368 e. The number of rotatable bonds is 3. The molecule has 3 unspecified atom stereocenters. The molecule has 0 radical (unpaired) electrons. The van der Waals surface area contributed by atoms with Crippen LogP contribution in [0.1, 0.15) is 45.3 Å². The molecule has 2 fully saturated rings. The summed E-state index contributed by atoms with van der Waals surface area (Å²) >= 11 is 0. The van der Waals surface area contributed by atoms with E-state index in [0.717, 1.165) is 40.9 Å². The molecule has 8 heteroatoms. The van der Waals surface area contributed by atoms with E-state index in [4.69, 9.17) is 9.57 Å². The maximum absolute atomic E-state index is 13.4. The molecule has 2 saturated heterocycles. The molecule has 174 valence electrons. The number of nitrogens with one attached hydrogen (secondary N) is 2. The molecular weight excluding hydrogens is 420 g/mol. The molecule has 2 amide bonds. The first-order valence-electron chi connectivity index (χ1n) is 11.6. The molecule has 2 N–H and O–H groups in total. The fraction of sp³-hybridized carbons (Fsp3) is 0.440. The Labute approximate surface area is 193 Å². The van der Waals surface area contributed by atoms with Crippen molar-refractivity contribution in [3.8, 4) is 11.1 Å². The van der Waals surface area contributed by atoms with Gasteiger partial charge in [0, 0.05) is 20.1 Å². The van der Waals surface area contributed by atoms with Gasteiger partial charge < -0.3 is 14.5 Å². The number of hydrogen-bond acceptors (Lipinski definition) is 6. The Morgan fingerprint density at radius 1 is 1.06 bits per heavy atom. The van der Waals surface area contributed by atoms with Crippen molar-refractivity contribution < 1.29 is 19.2 Å². The first-order chi connectivity index (χ1) is 15.9. The molecule has 2 aromatic carbocycles. The molecule has 3 heterocycles. The molecule has 0 aliphatic carbocycles. The fourth-order valence-electron chi connectivity index (χ4n) is 4.97. The number of nitrogens with zero attached hydrogens (tertiary/aromatic N) is 2. The Kier molecular flexibility index (Phi) is 5.92. The average molecular weight is 451 g/mol. The van der Waals surface area contributed by atoms with Crippen molar-refractivity contribution in [2.45, 2.75) is 58.2 Å². The number of carbonyl (C=O) groups is 2. The van der Waals surface area contributed by atoms with Crippen LogP contribution in [0.4, 0.5) is 11.4 Å². The van der Waals surface area contributed by atoms with Crippen molar-refractivity contribution in [3.63, 3.8) is 0 Å². The Bertz CT molecular complexity index is 1070. The molecule has 0 spiro atoms. The first kappa shape index (κ1) is 22.0. The number of hydrogen-bond donors (Lipinski definition) is 2. The summed E-state index contributed by atoms with van der Waals surface area (Å²) in [6.45, 7) is 6.55. The van der Waals surface area contributed by atoms with Crippen LogP contribution < -0.4 is 20.6 Å². The third kappa shape index (κ3) is 4.15. The van der Waals surface area contributed by atoms with E-state index < -0.39 is 6.10 Å². The van der Waals surface area contributed by atoms with Crippen molar-refractivity contribution in [1.29, 1.82) is 0 Å². The fourth-order valence-corrected chi connectivity index (χ4v) is 4.97. The van der Waals surface area contributed by atoms with Crippen molar-refractivity contribution in [3.05, 3.63) is 48.0 Å². The first-order valence-corrected chi connectivity index (χ1v) is 11.6. The van der Waals surface area contributed by atoms with Crippen LogP contribution in [0.25, 0.3) is 11.1 Å². The Hall–Kier alpha value is -2.78. The number of hydroxylamine groups is 1. The van der Waals surface area contributed by atoms with E-state index in [-0.39, 0.29) is 30.2 Å². The number of anilines is 2. The van der Waals surface area contributed by atoms with Gasteiger partial charge in [0.2, 0.25) is 5.91 Å². The van der Waals surface area contributed by atoms with Gasteiger partial charge in [-0.25, -0.2) is 0 Å². The molecular formula is C25H30N4O4. The zero-order valence-corrected chi connectivity index (χ0v) is 19.2. The second-order valence-corrected chi connectivity index (χ2v) is 9.00. The van der Waals surface area contributed by atoms with Crippen LogP contribution in [-0.2, 0) is 19.2 Å². The zero-order chi connectivity index (χ0) is 23.1. The van der Waals surface area contributed by atoms with Gasteiger partial charge in [-0.05, 0) is 61.6 Å². The summed E-state index contributed by atoms with van der Waals surface area (Å²) in [5.41, 5.74) is 7.57. The quantitative estimate of drug-likeness (QED) is 0.748. The SMILES string of the molecule is CC(=O)N1c2ccc(-c3cccc(C4NOC(C)N4)c3)cc2N(C(=O)C2CCCO2)C[C@@H]1C. The normalized spacial score (nSPS) is 27.0. The summed E-state index contributed by atoms with van der Waals surface area (Å²) in [4.78, 5) is 34.8. The van der Waals surface area contributed by atoms with Crippen LogP contribution in [0.3, 0.4) is 0 Å². The molecule has 0 bridgehead atoms. The standard InChI is InChI=1S/C25H30N4O4/c1-15-14-28(25(31)23-8-5-11-32-23)22-13-19(9-10-21(22)29(15)17(3)30)18-6-4-7-20(12-18)24-26-16(2)33-27-24/h4,6-7,9-10,12-13,15-16,23-24,26-27H,5,8,11,14H2,1-3H3/t15-,16?,23?,24?/m0/s1. The summed E-state index contributed by atoms with van der Waals surface area (Å²) < 4.78 is 5.69. The van der Waals surface area contributed by atoms with Gasteiger partial charge >= 0.3 is 0 Å². The highest BCUT2D eigenvalue weighted by atomic mass is 16.7. The lowest BCUT2D eigenvalue weighted by molar-refractivity contribution is -0.127. The van der Waals surface area contributed by atoms with Crippen LogP contribution in [0, 0.1) is 0 Å².